The van der Waals surface area contributed by atoms with E-state index in [1.54, 1.807) is 0 Å². The molecule has 6 nitrogen and oxygen atoms in total. The number of hydrogen-bond acceptors (Lipinski definition) is 4. The standard InChI is InChI=1S/C2H2N3O3P/c6-9(7)8-5-3-1-2-4-5/h1-2H/p+1. The highest BCUT2D eigenvalue weighted by molar-refractivity contribution is 7.32. The predicted octanol–water partition coefficient (Wildman–Crippen LogP) is -0.644. The maximum Gasteiger partial charge on any atom is 0.771 e. The minimum absolute atomic E-state index is 0.665. The molecule has 0 aromatic carbocycles. The minimum Gasteiger partial charge on any atom is -0.124 e. The van der Waals surface area contributed by atoms with E-state index in [-0.39, 0.29) is 0 Å². The van der Waals surface area contributed by atoms with E-state index in [0.29, 0.717) is 4.96 Å². The highest BCUT2D eigenvalue weighted by atomic mass is 31.1. The molecule has 0 fully saturated rings. The van der Waals surface area contributed by atoms with Crippen LogP contribution < -0.4 is 4.62 Å². The Labute approximate surface area is 51.0 Å². The molecule has 1 atom stereocenters. The normalized spacial score (nSPS) is 11.0. The molecule has 9 heavy (non-hydrogen) atoms. The average Bonchev–Trinajstić information content (AvgIpc) is 2.15. The third-order valence-electron chi connectivity index (χ3n) is 0.540. The van der Waals surface area contributed by atoms with Gasteiger partial charge in [-0.3, -0.25) is 0 Å². The molecule has 0 bridgehead atoms. The van der Waals surface area contributed by atoms with Gasteiger partial charge in [0.05, 0.1) is 17.4 Å². The summed E-state index contributed by atoms with van der Waals surface area (Å²) in [5.74, 6) is 0. The smallest absolute Gasteiger partial charge is 0.124 e. The van der Waals surface area contributed by atoms with Gasteiger partial charge in [0.15, 0.2) is 0 Å². The largest absolute Gasteiger partial charge is 0.771 e. The van der Waals surface area contributed by atoms with Crippen molar-refractivity contribution in [1.82, 2.24) is 15.2 Å². The molecule has 0 saturated heterocycles. The molecule has 0 aliphatic rings. The van der Waals surface area contributed by atoms with Crippen molar-refractivity contribution in [3.05, 3.63) is 12.4 Å². The van der Waals surface area contributed by atoms with Crippen molar-refractivity contribution in [3.63, 3.8) is 0 Å². The fourth-order valence-electron chi connectivity index (χ4n) is 0.308. The molecular weight excluding hydrogens is 145 g/mol. The van der Waals surface area contributed by atoms with Crippen LogP contribution in [0.2, 0.25) is 0 Å². The van der Waals surface area contributed by atoms with E-state index in [0.717, 1.165) is 0 Å². The molecule has 0 aliphatic carbocycles. The first kappa shape index (κ1) is 6.12. The van der Waals surface area contributed by atoms with Gasteiger partial charge in [-0.1, -0.05) is 4.62 Å². The van der Waals surface area contributed by atoms with Gasteiger partial charge in [-0.15, -0.1) is 15.1 Å². The first-order valence-electron chi connectivity index (χ1n) is 2.00. The number of hydrogen-bond donors (Lipinski definition) is 1. The van der Waals surface area contributed by atoms with Crippen LogP contribution in [0.3, 0.4) is 0 Å². The van der Waals surface area contributed by atoms with Crippen LogP contribution in [0.15, 0.2) is 12.4 Å². The van der Waals surface area contributed by atoms with Crippen molar-refractivity contribution in [2.75, 3.05) is 0 Å². The molecule has 0 spiro atoms. The van der Waals surface area contributed by atoms with E-state index < -0.39 is 8.25 Å². The van der Waals surface area contributed by atoms with Crippen molar-refractivity contribution in [2.45, 2.75) is 0 Å². The van der Waals surface area contributed by atoms with Gasteiger partial charge in [0.25, 0.3) is 0 Å². The molecule has 1 heterocycles. The van der Waals surface area contributed by atoms with Crippen LogP contribution in [0.4, 0.5) is 0 Å². The van der Waals surface area contributed by atoms with Crippen molar-refractivity contribution >= 4 is 8.25 Å². The second-order valence-corrected chi connectivity index (χ2v) is 1.74. The monoisotopic (exact) mass is 148 g/mol. The summed E-state index contributed by atoms with van der Waals surface area (Å²) in [6.45, 7) is 0. The summed E-state index contributed by atoms with van der Waals surface area (Å²) < 4.78 is 14.0. The number of aromatic nitrogens is 3. The molecule has 1 N–H and O–H groups in total. The lowest BCUT2D eigenvalue weighted by molar-refractivity contribution is 0.180. The van der Waals surface area contributed by atoms with Gasteiger partial charge in [-0.25, -0.2) is 0 Å². The van der Waals surface area contributed by atoms with Crippen LogP contribution in [-0.2, 0) is 4.57 Å². The van der Waals surface area contributed by atoms with Gasteiger partial charge in [-0.2, -0.15) is 0 Å². The summed E-state index contributed by atoms with van der Waals surface area (Å²) in [6.07, 6.45) is 2.66. The highest BCUT2D eigenvalue weighted by Gasteiger charge is 2.14. The van der Waals surface area contributed by atoms with Crippen LogP contribution in [-0.4, -0.2) is 20.1 Å². The predicted molar refractivity (Wildman–Crippen MR) is 26.4 cm³/mol. The van der Waals surface area contributed by atoms with Gasteiger partial charge in [-0.05, 0) is 0 Å². The quantitative estimate of drug-likeness (QED) is 0.564. The highest BCUT2D eigenvalue weighted by Crippen LogP contribution is 2.06. The second kappa shape index (κ2) is 2.52. The summed E-state index contributed by atoms with van der Waals surface area (Å²) in [5, 5.41) is 6.79. The first-order valence-corrected chi connectivity index (χ1v) is 3.13. The molecule has 1 rings (SSSR count). The minimum atomic E-state index is -2.66. The van der Waals surface area contributed by atoms with Crippen LogP contribution in [0.25, 0.3) is 0 Å². The van der Waals surface area contributed by atoms with Crippen LogP contribution in [0.1, 0.15) is 0 Å². The molecule has 1 aromatic rings. The van der Waals surface area contributed by atoms with E-state index in [1.807, 2.05) is 0 Å². The van der Waals surface area contributed by atoms with Crippen molar-refractivity contribution < 1.29 is 14.1 Å². The lowest BCUT2D eigenvalue weighted by Gasteiger charge is -1.79. The van der Waals surface area contributed by atoms with Gasteiger partial charge < -0.3 is 0 Å². The average molecular weight is 148 g/mol. The molecule has 1 aromatic heterocycles. The molecular formula is C2H3N3O3P+. The lowest BCUT2D eigenvalue weighted by Crippen LogP contribution is -2.06. The van der Waals surface area contributed by atoms with Crippen molar-refractivity contribution in [2.24, 2.45) is 0 Å². The van der Waals surface area contributed by atoms with Gasteiger partial charge in [0.1, 0.15) is 0 Å². The fourth-order valence-corrected chi connectivity index (χ4v) is 0.517. The second-order valence-electron chi connectivity index (χ2n) is 1.10. The van der Waals surface area contributed by atoms with Crippen molar-refractivity contribution in [3.8, 4) is 0 Å². The number of rotatable bonds is 2. The summed E-state index contributed by atoms with van der Waals surface area (Å²) >= 11 is 0. The van der Waals surface area contributed by atoms with E-state index >= 15 is 0 Å². The third-order valence-corrected chi connectivity index (χ3v) is 0.826. The van der Waals surface area contributed by atoms with Crippen LogP contribution in [0.5, 0.6) is 0 Å². The van der Waals surface area contributed by atoms with E-state index in [4.69, 9.17) is 4.89 Å². The first-order chi connectivity index (χ1) is 4.29. The van der Waals surface area contributed by atoms with Gasteiger partial charge in [0.2, 0.25) is 0 Å². The Morgan fingerprint density at radius 2 is 2.11 bits per heavy atom. The van der Waals surface area contributed by atoms with Gasteiger partial charge >= 0.3 is 8.25 Å². The van der Waals surface area contributed by atoms with Crippen molar-refractivity contribution in [1.29, 1.82) is 0 Å². The maximum absolute atomic E-state index is 9.89. The van der Waals surface area contributed by atoms with Crippen LogP contribution in [0, 0.1) is 0 Å². The number of nitrogens with zero attached hydrogens (tertiary/aromatic N) is 3. The molecule has 1 unspecified atom stereocenters. The summed E-state index contributed by atoms with van der Waals surface area (Å²) in [7, 11) is -2.66. The third kappa shape index (κ3) is 1.75. The Balaban J connectivity index is 2.58. The van der Waals surface area contributed by atoms with E-state index in [9.17, 15) is 4.57 Å². The summed E-state index contributed by atoms with van der Waals surface area (Å²) in [4.78, 5) is 8.78. The molecule has 0 saturated carbocycles. The Morgan fingerprint density at radius 3 is 2.56 bits per heavy atom. The summed E-state index contributed by atoms with van der Waals surface area (Å²) in [5.41, 5.74) is 0. The molecule has 0 radical (unpaired) electrons. The van der Waals surface area contributed by atoms with Crippen LogP contribution >= 0.6 is 8.25 Å². The molecule has 48 valence electrons. The van der Waals surface area contributed by atoms with E-state index in [1.165, 1.54) is 12.4 Å². The maximum atomic E-state index is 9.89. The van der Waals surface area contributed by atoms with E-state index in [2.05, 4.69) is 14.8 Å². The Morgan fingerprint density at radius 1 is 1.56 bits per heavy atom. The fraction of sp³-hybridized carbons (Fsp3) is 0. The Bertz CT molecular complexity index is 197. The zero-order valence-electron chi connectivity index (χ0n) is 4.21. The SMILES string of the molecule is O=[P+](O)On1nccn1. The molecule has 0 amide bonds. The molecule has 0 aliphatic heterocycles. The topological polar surface area (TPSA) is 77.2 Å². The van der Waals surface area contributed by atoms with Gasteiger partial charge in [0, 0.05) is 4.57 Å². The Hall–Kier alpha value is -1.00. The summed E-state index contributed by atoms with van der Waals surface area (Å²) in [6, 6.07) is 0. The molecule has 7 heteroatoms. The lowest BCUT2D eigenvalue weighted by atomic mass is 11.0. The zero-order valence-corrected chi connectivity index (χ0v) is 5.10. The zero-order chi connectivity index (χ0) is 6.69. The Kier molecular flexibility index (Phi) is 1.72.